The van der Waals surface area contributed by atoms with Gasteiger partial charge >= 0.3 is 6.03 Å². The molecule has 7 nitrogen and oxygen atoms in total. The van der Waals surface area contributed by atoms with Crippen LogP contribution in [0.5, 0.6) is 0 Å². The lowest BCUT2D eigenvalue weighted by molar-refractivity contribution is -0.135. The summed E-state index contributed by atoms with van der Waals surface area (Å²) in [7, 11) is 3.86. The maximum absolute atomic E-state index is 12.6. The zero-order valence-electron chi connectivity index (χ0n) is 18.5. The standard InChI is InChI=1S/C24H31N5O2/c1-18(26(2)3)23(30)28-14-12-27(13-15-28)22-10-8-21(9-11-22)25-24(31)29-16-19-6-4-5-7-20(19)17-29/h4-11,18H,12-17H2,1-3H3,(H,25,31)/t18-/m0/s1. The molecule has 0 spiro atoms. The number of rotatable bonds is 4. The number of amides is 3. The third-order valence-electron chi connectivity index (χ3n) is 6.34. The van der Waals surface area contributed by atoms with Crippen LogP contribution in [0.2, 0.25) is 0 Å². The maximum Gasteiger partial charge on any atom is 0.322 e. The lowest BCUT2D eigenvalue weighted by Gasteiger charge is -2.38. The van der Waals surface area contributed by atoms with Gasteiger partial charge in [0.2, 0.25) is 5.91 Å². The first kappa shape index (κ1) is 21.2. The fourth-order valence-electron chi connectivity index (χ4n) is 4.11. The van der Waals surface area contributed by atoms with Gasteiger partial charge in [-0.3, -0.25) is 9.69 Å². The third-order valence-corrected chi connectivity index (χ3v) is 6.34. The molecule has 0 radical (unpaired) electrons. The minimum atomic E-state index is -0.0992. The highest BCUT2D eigenvalue weighted by Crippen LogP contribution is 2.24. The summed E-state index contributed by atoms with van der Waals surface area (Å²) in [6.45, 7) is 6.32. The summed E-state index contributed by atoms with van der Waals surface area (Å²) in [5.41, 5.74) is 4.33. The molecule has 7 heteroatoms. The third kappa shape index (κ3) is 4.66. The summed E-state index contributed by atoms with van der Waals surface area (Å²) in [6, 6.07) is 16.0. The molecule has 2 aromatic rings. The molecule has 1 N–H and O–H groups in total. The van der Waals surface area contributed by atoms with Crippen molar-refractivity contribution in [1.82, 2.24) is 14.7 Å². The van der Waals surface area contributed by atoms with Crippen LogP contribution in [0, 0.1) is 0 Å². The van der Waals surface area contributed by atoms with Crippen LogP contribution in [0.15, 0.2) is 48.5 Å². The van der Waals surface area contributed by atoms with Gasteiger partial charge in [0, 0.05) is 50.6 Å². The predicted octanol–water partition coefficient (Wildman–Crippen LogP) is 2.83. The topological polar surface area (TPSA) is 59.1 Å². The average Bonchev–Trinajstić information content (AvgIpc) is 3.23. The first-order valence-electron chi connectivity index (χ1n) is 10.9. The Kier molecular flexibility index (Phi) is 6.13. The van der Waals surface area contributed by atoms with Crippen LogP contribution in [0.25, 0.3) is 0 Å². The lowest BCUT2D eigenvalue weighted by Crippen LogP contribution is -2.53. The molecule has 164 valence electrons. The van der Waals surface area contributed by atoms with Crippen LogP contribution in [-0.4, -0.2) is 73.0 Å². The van der Waals surface area contributed by atoms with Crippen molar-refractivity contribution in [2.75, 3.05) is 50.5 Å². The zero-order valence-corrected chi connectivity index (χ0v) is 18.5. The summed E-state index contributed by atoms with van der Waals surface area (Å²) in [6.07, 6.45) is 0. The average molecular weight is 422 g/mol. The highest BCUT2D eigenvalue weighted by molar-refractivity contribution is 5.90. The summed E-state index contributed by atoms with van der Waals surface area (Å²) in [5.74, 6) is 0.187. The molecule has 0 aliphatic carbocycles. The van der Waals surface area contributed by atoms with E-state index in [0.29, 0.717) is 13.1 Å². The van der Waals surface area contributed by atoms with Crippen LogP contribution in [0.1, 0.15) is 18.1 Å². The van der Waals surface area contributed by atoms with E-state index in [1.807, 2.05) is 72.1 Å². The second kappa shape index (κ2) is 8.98. The number of carbonyl (C=O) groups excluding carboxylic acids is 2. The number of nitrogens with one attached hydrogen (secondary N) is 1. The molecule has 1 saturated heterocycles. The van der Waals surface area contributed by atoms with E-state index in [2.05, 4.69) is 22.3 Å². The maximum atomic E-state index is 12.6. The van der Waals surface area contributed by atoms with Gasteiger partial charge in [0.15, 0.2) is 0 Å². The van der Waals surface area contributed by atoms with Crippen LogP contribution < -0.4 is 10.2 Å². The van der Waals surface area contributed by atoms with Crippen molar-refractivity contribution >= 4 is 23.3 Å². The molecule has 2 heterocycles. The molecule has 1 fully saturated rings. The molecule has 4 rings (SSSR count). The summed E-state index contributed by atoms with van der Waals surface area (Å²) < 4.78 is 0. The Labute approximate surface area is 184 Å². The van der Waals surface area contributed by atoms with E-state index in [-0.39, 0.29) is 18.0 Å². The Morgan fingerprint density at radius 1 is 0.871 bits per heavy atom. The van der Waals surface area contributed by atoms with Crippen molar-refractivity contribution in [3.8, 4) is 0 Å². The van der Waals surface area contributed by atoms with E-state index in [1.165, 1.54) is 11.1 Å². The van der Waals surface area contributed by atoms with E-state index in [0.717, 1.165) is 37.6 Å². The van der Waals surface area contributed by atoms with Gasteiger partial charge in [0.05, 0.1) is 6.04 Å². The number of nitrogens with zero attached hydrogens (tertiary/aromatic N) is 4. The minimum absolute atomic E-state index is 0.0777. The lowest BCUT2D eigenvalue weighted by atomic mass is 10.1. The van der Waals surface area contributed by atoms with Gasteiger partial charge in [-0.1, -0.05) is 24.3 Å². The summed E-state index contributed by atoms with van der Waals surface area (Å²) in [4.78, 5) is 33.2. The normalized spacial score (nSPS) is 17.0. The van der Waals surface area contributed by atoms with E-state index in [9.17, 15) is 9.59 Å². The molecule has 3 amide bonds. The van der Waals surface area contributed by atoms with E-state index in [1.54, 1.807) is 0 Å². The zero-order chi connectivity index (χ0) is 22.0. The number of urea groups is 1. The van der Waals surface area contributed by atoms with Gasteiger partial charge in [-0.05, 0) is 56.4 Å². The summed E-state index contributed by atoms with van der Waals surface area (Å²) >= 11 is 0. The second-order valence-electron chi connectivity index (χ2n) is 8.55. The fourth-order valence-corrected chi connectivity index (χ4v) is 4.11. The number of hydrogen-bond donors (Lipinski definition) is 1. The molecule has 31 heavy (non-hydrogen) atoms. The Hall–Kier alpha value is -3.06. The van der Waals surface area contributed by atoms with Crippen molar-refractivity contribution in [3.05, 3.63) is 59.7 Å². The molecular weight excluding hydrogens is 390 g/mol. The second-order valence-corrected chi connectivity index (χ2v) is 8.55. The molecule has 0 unspecified atom stereocenters. The smallest absolute Gasteiger partial charge is 0.322 e. The van der Waals surface area contributed by atoms with E-state index >= 15 is 0 Å². The largest absolute Gasteiger partial charge is 0.368 e. The SMILES string of the molecule is C[C@@H](C(=O)N1CCN(c2ccc(NC(=O)N3Cc4ccccc4C3)cc2)CC1)N(C)C. The van der Waals surface area contributed by atoms with Crippen LogP contribution in [0.4, 0.5) is 16.2 Å². The van der Waals surface area contributed by atoms with Crippen LogP contribution in [0.3, 0.4) is 0 Å². The molecule has 0 aromatic heterocycles. The van der Waals surface area contributed by atoms with Gasteiger partial charge in [-0.15, -0.1) is 0 Å². The molecule has 2 aliphatic rings. The first-order chi connectivity index (χ1) is 14.9. The fraction of sp³-hybridized carbons (Fsp3) is 0.417. The Balaban J connectivity index is 1.29. The molecule has 2 aromatic carbocycles. The van der Waals surface area contributed by atoms with Crippen molar-refractivity contribution in [1.29, 1.82) is 0 Å². The molecule has 1 atom stereocenters. The van der Waals surface area contributed by atoms with Gasteiger partial charge in [-0.25, -0.2) is 4.79 Å². The molecule has 0 bridgehead atoms. The van der Waals surface area contributed by atoms with Crippen LogP contribution >= 0.6 is 0 Å². The van der Waals surface area contributed by atoms with Gasteiger partial charge < -0.3 is 20.0 Å². The van der Waals surface area contributed by atoms with Gasteiger partial charge in [-0.2, -0.15) is 0 Å². The molecule has 0 saturated carbocycles. The highest BCUT2D eigenvalue weighted by Gasteiger charge is 2.26. The number of anilines is 2. The van der Waals surface area contributed by atoms with E-state index in [4.69, 9.17) is 0 Å². The highest BCUT2D eigenvalue weighted by atomic mass is 16.2. The number of hydrogen-bond acceptors (Lipinski definition) is 4. The number of carbonyl (C=O) groups is 2. The minimum Gasteiger partial charge on any atom is -0.368 e. The molecule has 2 aliphatic heterocycles. The monoisotopic (exact) mass is 421 g/mol. The predicted molar refractivity (Wildman–Crippen MR) is 123 cm³/mol. The molecular formula is C24H31N5O2. The summed E-state index contributed by atoms with van der Waals surface area (Å²) in [5, 5.41) is 3.00. The van der Waals surface area contributed by atoms with Crippen molar-refractivity contribution in [2.45, 2.75) is 26.1 Å². The van der Waals surface area contributed by atoms with Gasteiger partial charge in [0.25, 0.3) is 0 Å². The van der Waals surface area contributed by atoms with E-state index < -0.39 is 0 Å². The first-order valence-corrected chi connectivity index (χ1v) is 10.9. The Morgan fingerprint density at radius 3 is 2.00 bits per heavy atom. The number of benzene rings is 2. The Morgan fingerprint density at radius 2 is 1.45 bits per heavy atom. The quantitative estimate of drug-likeness (QED) is 0.825. The number of fused-ring (bicyclic) bond motifs is 1. The number of likely N-dealkylation sites (N-methyl/N-ethyl adjacent to an activating group) is 1. The van der Waals surface area contributed by atoms with Crippen molar-refractivity contribution in [2.24, 2.45) is 0 Å². The Bertz CT molecular complexity index is 910. The van der Waals surface area contributed by atoms with Crippen LogP contribution in [-0.2, 0) is 17.9 Å². The van der Waals surface area contributed by atoms with Crippen molar-refractivity contribution in [3.63, 3.8) is 0 Å². The van der Waals surface area contributed by atoms with Gasteiger partial charge in [0.1, 0.15) is 0 Å². The number of piperazine rings is 1. The van der Waals surface area contributed by atoms with Crippen molar-refractivity contribution < 1.29 is 9.59 Å².